The highest BCUT2D eigenvalue weighted by Gasteiger charge is 2.42. The van der Waals surface area contributed by atoms with E-state index in [1.54, 1.807) is 24.2 Å². The molecule has 0 bridgehead atoms. The van der Waals surface area contributed by atoms with Crippen molar-refractivity contribution in [3.63, 3.8) is 0 Å². The van der Waals surface area contributed by atoms with Gasteiger partial charge in [0.15, 0.2) is 0 Å². The number of likely N-dealkylation sites (N-methyl/N-ethyl adjacent to an activating group) is 1. The fraction of sp³-hybridized carbons (Fsp3) is 0.174. The lowest BCUT2D eigenvalue weighted by atomic mass is 9.79. The predicted molar refractivity (Wildman–Crippen MR) is 107 cm³/mol. The number of hydrogen-bond donors (Lipinski definition) is 1. The monoisotopic (exact) mass is 371 g/mol. The van der Waals surface area contributed by atoms with Crippen LogP contribution in [0.5, 0.6) is 0 Å². The lowest BCUT2D eigenvalue weighted by Gasteiger charge is -2.39. The van der Waals surface area contributed by atoms with Gasteiger partial charge in [0, 0.05) is 18.8 Å². The van der Waals surface area contributed by atoms with Crippen molar-refractivity contribution in [2.45, 2.75) is 18.5 Å². The summed E-state index contributed by atoms with van der Waals surface area (Å²) < 4.78 is 0. The van der Waals surface area contributed by atoms with E-state index in [-0.39, 0.29) is 17.9 Å². The lowest BCUT2D eigenvalue weighted by Crippen LogP contribution is -2.45. The summed E-state index contributed by atoms with van der Waals surface area (Å²) in [6.45, 7) is 0.345. The summed E-state index contributed by atoms with van der Waals surface area (Å²) in [5.74, 6) is -0.686. The Bertz CT molecular complexity index is 989. The van der Waals surface area contributed by atoms with Crippen molar-refractivity contribution >= 4 is 11.8 Å². The SMILES string of the molecule is CN1C(=O)c2ccccc2[C@@H](C(=O)NCc2ccccn2)[C@@H]1c1ccccc1. The van der Waals surface area contributed by atoms with E-state index in [0.29, 0.717) is 12.1 Å². The molecule has 0 unspecified atom stereocenters. The Hall–Kier alpha value is -3.47. The van der Waals surface area contributed by atoms with Crippen LogP contribution >= 0.6 is 0 Å². The van der Waals surface area contributed by atoms with E-state index in [1.807, 2.05) is 66.7 Å². The molecule has 5 nitrogen and oxygen atoms in total. The molecule has 1 aliphatic rings. The van der Waals surface area contributed by atoms with Crippen LogP contribution in [-0.4, -0.2) is 28.7 Å². The zero-order valence-corrected chi connectivity index (χ0v) is 15.6. The van der Waals surface area contributed by atoms with Gasteiger partial charge in [0.05, 0.1) is 24.2 Å². The van der Waals surface area contributed by atoms with Crippen LogP contribution in [0.25, 0.3) is 0 Å². The first-order chi connectivity index (χ1) is 13.7. The van der Waals surface area contributed by atoms with Gasteiger partial charge < -0.3 is 10.2 Å². The Morgan fingerprint density at radius 3 is 2.46 bits per heavy atom. The number of carbonyl (C=O) groups is 2. The van der Waals surface area contributed by atoms with Crippen LogP contribution < -0.4 is 5.32 Å². The van der Waals surface area contributed by atoms with E-state index in [0.717, 1.165) is 16.8 Å². The summed E-state index contributed by atoms with van der Waals surface area (Å²) in [6, 6.07) is 22.3. The molecule has 1 aliphatic heterocycles. The number of hydrogen-bond acceptors (Lipinski definition) is 3. The molecule has 0 aliphatic carbocycles. The van der Waals surface area contributed by atoms with Crippen LogP contribution in [0.2, 0.25) is 0 Å². The quantitative estimate of drug-likeness (QED) is 0.765. The molecule has 5 heteroatoms. The van der Waals surface area contributed by atoms with Crippen molar-refractivity contribution in [1.82, 2.24) is 15.2 Å². The molecule has 3 aromatic rings. The van der Waals surface area contributed by atoms with Crippen molar-refractivity contribution in [3.05, 3.63) is 101 Å². The van der Waals surface area contributed by atoms with E-state index in [1.165, 1.54) is 0 Å². The molecule has 0 fully saturated rings. The van der Waals surface area contributed by atoms with Gasteiger partial charge in [-0.1, -0.05) is 54.6 Å². The first-order valence-corrected chi connectivity index (χ1v) is 9.25. The topological polar surface area (TPSA) is 62.3 Å². The van der Waals surface area contributed by atoms with E-state index in [4.69, 9.17) is 0 Å². The molecule has 1 aromatic heterocycles. The summed E-state index contributed by atoms with van der Waals surface area (Å²) in [4.78, 5) is 32.2. The van der Waals surface area contributed by atoms with Gasteiger partial charge in [-0.15, -0.1) is 0 Å². The summed E-state index contributed by atoms with van der Waals surface area (Å²) in [6.07, 6.45) is 1.70. The Labute approximate surface area is 164 Å². The summed E-state index contributed by atoms with van der Waals surface area (Å²) in [5, 5.41) is 3.01. The van der Waals surface area contributed by atoms with Gasteiger partial charge in [0.2, 0.25) is 5.91 Å². The Kier molecular flexibility index (Phi) is 4.89. The molecule has 0 radical (unpaired) electrons. The number of rotatable bonds is 4. The zero-order chi connectivity index (χ0) is 19.5. The molecule has 0 saturated carbocycles. The minimum Gasteiger partial charge on any atom is -0.350 e. The van der Waals surface area contributed by atoms with Gasteiger partial charge in [-0.2, -0.15) is 0 Å². The van der Waals surface area contributed by atoms with Crippen molar-refractivity contribution < 1.29 is 9.59 Å². The fourth-order valence-electron chi connectivity index (χ4n) is 3.81. The second-order valence-electron chi connectivity index (χ2n) is 6.88. The van der Waals surface area contributed by atoms with E-state index in [9.17, 15) is 9.59 Å². The molecular formula is C23H21N3O2. The zero-order valence-electron chi connectivity index (χ0n) is 15.6. The third kappa shape index (κ3) is 3.27. The largest absolute Gasteiger partial charge is 0.350 e. The average molecular weight is 371 g/mol. The molecule has 1 N–H and O–H groups in total. The number of aromatic nitrogens is 1. The molecule has 4 rings (SSSR count). The maximum Gasteiger partial charge on any atom is 0.254 e. The van der Waals surface area contributed by atoms with Crippen molar-refractivity contribution in [2.75, 3.05) is 7.05 Å². The third-order valence-electron chi connectivity index (χ3n) is 5.17. The normalized spacial score (nSPS) is 18.5. The second kappa shape index (κ2) is 7.64. The highest BCUT2D eigenvalue weighted by atomic mass is 16.2. The maximum absolute atomic E-state index is 13.3. The number of fused-ring (bicyclic) bond motifs is 1. The van der Waals surface area contributed by atoms with Crippen molar-refractivity contribution in [3.8, 4) is 0 Å². The molecule has 2 aromatic carbocycles. The molecule has 0 saturated heterocycles. The smallest absolute Gasteiger partial charge is 0.254 e. The molecular weight excluding hydrogens is 350 g/mol. The first-order valence-electron chi connectivity index (χ1n) is 9.25. The Morgan fingerprint density at radius 1 is 1.00 bits per heavy atom. The van der Waals surface area contributed by atoms with Gasteiger partial charge in [-0.05, 0) is 29.3 Å². The maximum atomic E-state index is 13.3. The van der Waals surface area contributed by atoms with Crippen LogP contribution in [0.15, 0.2) is 79.0 Å². The number of carbonyl (C=O) groups excluding carboxylic acids is 2. The number of pyridine rings is 1. The fourth-order valence-corrected chi connectivity index (χ4v) is 3.81. The van der Waals surface area contributed by atoms with Crippen molar-refractivity contribution in [1.29, 1.82) is 0 Å². The summed E-state index contributed by atoms with van der Waals surface area (Å²) in [7, 11) is 1.76. The first kappa shape index (κ1) is 17.9. The van der Waals surface area contributed by atoms with Gasteiger partial charge in [-0.25, -0.2) is 0 Å². The van der Waals surface area contributed by atoms with E-state index < -0.39 is 5.92 Å². The van der Waals surface area contributed by atoms with Gasteiger partial charge in [0.1, 0.15) is 0 Å². The standard InChI is InChI=1S/C23H21N3O2/c1-26-21(16-9-3-2-4-10-16)20(18-12-5-6-13-19(18)23(26)28)22(27)25-15-17-11-7-8-14-24-17/h2-14,20-21H,15H2,1H3,(H,25,27)/t20-,21+/m1/s1. The molecule has 140 valence electrons. The Balaban J connectivity index is 1.72. The second-order valence-corrected chi connectivity index (χ2v) is 6.88. The summed E-state index contributed by atoms with van der Waals surface area (Å²) >= 11 is 0. The molecule has 2 atom stereocenters. The third-order valence-corrected chi connectivity index (χ3v) is 5.17. The Morgan fingerprint density at radius 2 is 1.71 bits per heavy atom. The number of nitrogens with one attached hydrogen (secondary N) is 1. The van der Waals surface area contributed by atoms with Gasteiger partial charge in [-0.3, -0.25) is 14.6 Å². The molecule has 2 heterocycles. The minimum atomic E-state index is -0.495. The van der Waals surface area contributed by atoms with Crippen LogP contribution in [-0.2, 0) is 11.3 Å². The predicted octanol–water partition coefficient (Wildman–Crippen LogP) is 3.31. The van der Waals surface area contributed by atoms with E-state index in [2.05, 4.69) is 10.3 Å². The van der Waals surface area contributed by atoms with Crippen LogP contribution in [0.4, 0.5) is 0 Å². The van der Waals surface area contributed by atoms with Crippen LogP contribution in [0.1, 0.15) is 39.1 Å². The minimum absolute atomic E-state index is 0.0711. The van der Waals surface area contributed by atoms with E-state index >= 15 is 0 Å². The van der Waals surface area contributed by atoms with Gasteiger partial charge in [0.25, 0.3) is 5.91 Å². The van der Waals surface area contributed by atoms with Crippen LogP contribution in [0, 0.1) is 0 Å². The van der Waals surface area contributed by atoms with Crippen LogP contribution in [0.3, 0.4) is 0 Å². The molecule has 28 heavy (non-hydrogen) atoms. The summed E-state index contributed by atoms with van der Waals surface area (Å²) in [5.41, 5.74) is 3.07. The van der Waals surface area contributed by atoms with Crippen molar-refractivity contribution in [2.24, 2.45) is 0 Å². The average Bonchev–Trinajstić information content (AvgIpc) is 2.75. The number of amides is 2. The highest BCUT2D eigenvalue weighted by molar-refractivity contribution is 6.01. The van der Waals surface area contributed by atoms with Gasteiger partial charge >= 0.3 is 0 Å². The highest BCUT2D eigenvalue weighted by Crippen LogP contribution is 2.41. The lowest BCUT2D eigenvalue weighted by molar-refractivity contribution is -0.124. The number of benzene rings is 2. The molecule has 2 amide bonds. The molecule has 0 spiro atoms. The number of nitrogens with zero attached hydrogens (tertiary/aromatic N) is 2.